The highest BCUT2D eigenvalue weighted by atomic mass is 35.5. The van der Waals surface area contributed by atoms with Crippen LogP contribution in [0.15, 0.2) is 0 Å². The van der Waals surface area contributed by atoms with Gasteiger partial charge in [-0.25, -0.2) is 5.84 Å². The molecule has 0 fully saturated rings. The lowest BCUT2D eigenvalue weighted by Crippen LogP contribution is -2.33. The Hall–Kier alpha value is -0.610. The summed E-state index contributed by atoms with van der Waals surface area (Å²) in [6, 6.07) is 0. The Labute approximate surface area is 44.6 Å². The van der Waals surface area contributed by atoms with Crippen LogP contribution >= 0.6 is 11.6 Å². The summed E-state index contributed by atoms with van der Waals surface area (Å²) < 4.78 is 0. The predicted molar refractivity (Wildman–Crippen MR) is 23.2 cm³/mol. The van der Waals surface area contributed by atoms with Crippen molar-refractivity contribution in [3.8, 4) is 0 Å². The average Bonchev–Trinajstić information content (AvgIpc) is 1.65. The minimum absolute atomic E-state index is 0.998. The van der Waals surface area contributed by atoms with Crippen LogP contribution in [0.4, 0.5) is 0 Å². The molecule has 0 rings (SSSR count). The van der Waals surface area contributed by atoms with Crippen molar-refractivity contribution in [1.29, 1.82) is 0 Å². The van der Waals surface area contributed by atoms with Gasteiger partial charge >= 0.3 is 11.1 Å². The summed E-state index contributed by atoms with van der Waals surface area (Å²) >= 11 is 4.60. The molecule has 0 saturated heterocycles. The van der Waals surface area contributed by atoms with Gasteiger partial charge in [0.1, 0.15) is 0 Å². The van der Waals surface area contributed by atoms with Crippen molar-refractivity contribution in [3.63, 3.8) is 0 Å². The quantitative estimate of drug-likeness (QED) is 0.150. The fraction of sp³-hybridized carbons (Fsp3) is 0. The number of hydrogen-bond donors (Lipinski definition) is 2. The second kappa shape index (κ2) is 2.54. The normalized spacial score (nSPS) is 7.71. The Bertz CT molecular complexity index is 102. The maximum Gasteiger partial charge on any atom is 0.317 e. The van der Waals surface area contributed by atoms with Gasteiger partial charge in [-0.15, -0.1) is 0 Å². The van der Waals surface area contributed by atoms with Gasteiger partial charge in [0, 0.05) is 0 Å². The lowest BCUT2D eigenvalue weighted by Gasteiger charge is -1.84. The second-order valence-electron chi connectivity index (χ2n) is 0.747. The van der Waals surface area contributed by atoms with Crippen LogP contribution in [0.25, 0.3) is 0 Å². The molecule has 3 N–H and O–H groups in total. The molecule has 0 unspecified atom stereocenters. The molecule has 0 saturated carbocycles. The smallest absolute Gasteiger partial charge is 0.286 e. The molecule has 0 bridgehead atoms. The molecule has 7 heavy (non-hydrogen) atoms. The molecule has 0 aliphatic rings. The number of amides is 1. The molecule has 4 nitrogen and oxygen atoms in total. The van der Waals surface area contributed by atoms with Crippen molar-refractivity contribution in [3.05, 3.63) is 0 Å². The van der Waals surface area contributed by atoms with E-state index in [1.807, 2.05) is 0 Å². The molecule has 0 aromatic carbocycles. The number of halogens is 1. The molecule has 1 amide bonds. The van der Waals surface area contributed by atoms with Crippen molar-refractivity contribution in [2.75, 3.05) is 0 Å². The fourth-order valence-electron chi connectivity index (χ4n) is 0.0567. The van der Waals surface area contributed by atoms with E-state index in [1.165, 1.54) is 0 Å². The van der Waals surface area contributed by atoms with Crippen LogP contribution in [0.1, 0.15) is 0 Å². The van der Waals surface area contributed by atoms with E-state index in [0.29, 0.717) is 0 Å². The number of nitrogens with one attached hydrogen (secondary N) is 1. The van der Waals surface area contributed by atoms with Gasteiger partial charge in [-0.05, 0) is 11.6 Å². The SMILES string of the molecule is NNC(=O)C(=O)Cl. The van der Waals surface area contributed by atoms with Gasteiger partial charge < -0.3 is 0 Å². The van der Waals surface area contributed by atoms with E-state index in [-0.39, 0.29) is 0 Å². The van der Waals surface area contributed by atoms with E-state index in [9.17, 15) is 9.59 Å². The van der Waals surface area contributed by atoms with E-state index in [2.05, 4.69) is 17.4 Å². The van der Waals surface area contributed by atoms with E-state index in [0.717, 1.165) is 0 Å². The first-order chi connectivity index (χ1) is 3.18. The van der Waals surface area contributed by atoms with E-state index in [1.54, 1.807) is 5.43 Å². The molecule has 0 aliphatic carbocycles. The summed E-state index contributed by atoms with van der Waals surface area (Å²) in [6.07, 6.45) is 0. The standard InChI is InChI=1S/C2H3ClN2O2/c3-1(6)2(7)5-4/h4H2,(H,5,7). The Morgan fingerprint density at radius 2 is 2.00 bits per heavy atom. The zero-order valence-electron chi connectivity index (χ0n) is 3.27. The van der Waals surface area contributed by atoms with Crippen LogP contribution in [0.3, 0.4) is 0 Å². The Balaban J connectivity index is 3.58. The zero-order chi connectivity index (χ0) is 5.86. The zero-order valence-corrected chi connectivity index (χ0v) is 4.03. The monoisotopic (exact) mass is 122 g/mol. The molecule has 40 valence electrons. The van der Waals surface area contributed by atoms with Gasteiger partial charge in [0.15, 0.2) is 0 Å². The fourth-order valence-corrected chi connectivity index (χ4v) is 0.111. The van der Waals surface area contributed by atoms with Crippen LogP contribution < -0.4 is 11.3 Å². The van der Waals surface area contributed by atoms with Crippen molar-refractivity contribution in [1.82, 2.24) is 5.43 Å². The maximum absolute atomic E-state index is 9.79. The third-order valence-electron chi connectivity index (χ3n) is 0.310. The van der Waals surface area contributed by atoms with Crippen molar-refractivity contribution >= 4 is 22.8 Å². The molecular weight excluding hydrogens is 119 g/mol. The number of nitrogens with two attached hydrogens (primary N) is 1. The van der Waals surface area contributed by atoms with Crippen LogP contribution in [0, 0.1) is 0 Å². The van der Waals surface area contributed by atoms with E-state index >= 15 is 0 Å². The third-order valence-corrected chi connectivity index (χ3v) is 0.481. The largest absolute Gasteiger partial charge is 0.317 e. The lowest BCUT2D eigenvalue weighted by molar-refractivity contribution is -0.133. The Morgan fingerprint density at radius 3 is 2.00 bits per heavy atom. The summed E-state index contributed by atoms with van der Waals surface area (Å²) in [4.78, 5) is 19.4. The molecule has 0 radical (unpaired) electrons. The lowest BCUT2D eigenvalue weighted by atomic mass is 10.7. The predicted octanol–water partition coefficient (Wildman–Crippen LogP) is -1.26. The maximum atomic E-state index is 9.79. The van der Waals surface area contributed by atoms with Crippen LogP contribution in [0.2, 0.25) is 0 Å². The highest BCUT2D eigenvalue weighted by Crippen LogP contribution is 1.74. The summed E-state index contributed by atoms with van der Waals surface area (Å²) in [5.41, 5.74) is 1.54. The van der Waals surface area contributed by atoms with Gasteiger partial charge in [-0.3, -0.25) is 15.0 Å². The molecular formula is C2H3ClN2O2. The van der Waals surface area contributed by atoms with Crippen LogP contribution in [-0.2, 0) is 9.59 Å². The van der Waals surface area contributed by atoms with Gasteiger partial charge in [0.05, 0.1) is 0 Å². The number of rotatable bonds is 1. The third kappa shape index (κ3) is 2.13. The minimum Gasteiger partial charge on any atom is -0.286 e. The summed E-state index contributed by atoms with van der Waals surface area (Å²) in [5, 5.41) is -1.11. The number of hydrogen-bond acceptors (Lipinski definition) is 3. The average molecular weight is 123 g/mol. The number of hydrazine groups is 1. The summed E-state index contributed by atoms with van der Waals surface area (Å²) in [5.74, 6) is 3.47. The topological polar surface area (TPSA) is 72.2 Å². The van der Waals surface area contributed by atoms with Crippen molar-refractivity contribution in [2.24, 2.45) is 5.84 Å². The molecule has 0 aromatic heterocycles. The van der Waals surface area contributed by atoms with E-state index in [4.69, 9.17) is 0 Å². The minimum atomic E-state index is -1.11. The first-order valence-electron chi connectivity index (χ1n) is 1.39. The van der Waals surface area contributed by atoms with Crippen molar-refractivity contribution in [2.45, 2.75) is 0 Å². The number of carbonyl (C=O) groups excluding carboxylic acids is 2. The van der Waals surface area contributed by atoms with E-state index < -0.39 is 11.1 Å². The molecule has 0 heterocycles. The Morgan fingerprint density at radius 1 is 1.57 bits per heavy atom. The van der Waals surface area contributed by atoms with Gasteiger partial charge in [0.2, 0.25) is 0 Å². The molecule has 0 spiro atoms. The van der Waals surface area contributed by atoms with Gasteiger partial charge in [-0.1, -0.05) is 0 Å². The van der Waals surface area contributed by atoms with Crippen LogP contribution in [-0.4, -0.2) is 11.1 Å². The number of carbonyl (C=O) groups is 2. The first-order valence-corrected chi connectivity index (χ1v) is 1.76. The summed E-state index contributed by atoms with van der Waals surface area (Å²) in [6.45, 7) is 0. The molecule has 0 aliphatic heterocycles. The van der Waals surface area contributed by atoms with Gasteiger partial charge in [-0.2, -0.15) is 0 Å². The highest BCUT2D eigenvalue weighted by molar-refractivity contribution is 6.80. The van der Waals surface area contributed by atoms with Crippen molar-refractivity contribution < 1.29 is 9.59 Å². The molecule has 0 aromatic rings. The Kier molecular flexibility index (Phi) is 2.32. The highest BCUT2D eigenvalue weighted by Gasteiger charge is 2.04. The molecule has 5 heteroatoms. The molecule has 0 atom stereocenters. The second-order valence-corrected chi connectivity index (χ2v) is 1.09. The van der Waals surface area contributed by atoms with Crippen LogP contribution in [0.5, 0.6) is 0 Å². The summed E-state index contributed by atoms with van der Waals surface area (Å²) in [7, 11) is 0. The first kappa shape index (κ1) is 6.39. The van der Waals surface area contributed by atoms with Gasteiger partial charge in [0.25, 0.3) is 0 Å².